The number of carbonyl (C=O) groups is 2. The van der Waals surface area contributed by atoms with Gasteiger partial charge in [-0.2, -0.15) is 4.31 Å². The number of sulfonamides is 1. The summed E-state index contributed by atoms with van der Waals surface area (Å²) in [4.78, 5) is 25.3. The third-order valence-electron chi connectivity index (χ3n) is 5.41. The van der Waals surface area contributed by atoms with Crippen molar-refractivity contribution in [3.05, 3.63) is 30.3 Å². The molecule has 25 heavy (non-hydrogen) atoms. The fraction of sp³-hybridized carbons (Fsp3) is 0.529. The molecule has 7 nitrogen and oxygen atoms in total. The summed E-state index contributed by atoms with van der Waals surface area (Å²) in [5.41, 5.74) is -0.148. The molecular weight excluding hydrogens is 344 g/mol. The number of carbonyl (C=O) groups excluding carboxylic acids is 1. The number of piperidine rings is 1. The minimum atomic E-state index is -3.70. The summed E-state index contributed by atoms with van der Waals surface area (Å²) in [5.74, 6) is -1.29. The van der Waals surface area contributed by atoms with Crippen molar-refractivity contribution >= 4 is 21.9 Å². The van der Waals surface area contributed by atoms with Crippen molar-refractivity contribution in [2.45, 2.75) is 24.2 Å². The number of aliphatic carboxylic acids is 1. The maximum atomic E-state index is 12.5. The molecule has 8 heteroatoms. The van der Waals surface area contributed by atoms with Crippen molar-refractivity contribution in [2.75, 3.05) is 26.7 Å². The van der Waals surface area contributed by atoms with Crippen LogP contribution in [0.4, 0.5) is 0 Å². The highest BCUT2D eigenvalue weighted by Gasteiger charge is 2.59. The summed E-state index contributed by atoms with van der Waals surface area (Å²) in [6, 6.07) is 8.01. The minimum Gasteiger partial charge on any atom is -0.481 e. The second-order valence-electron chi connectivity index (χ2n) is 6.91. The average Bonchev–Trinajstić information content (AvgIpc) is 3.30. The second kappa shape index (κ2) is 6.42. The van der Waals surface area contributed by atoms with Crippen LogP contribution >= 0.6 is 0 Å². The summed E-state index contributed by atoms with van der Waals surface area (Å²) < 4.78 is 26.0. The van der Waals surface area contributed by atoms with Crippen LogP contribution in [0.2, 0.25) is 0 Å². The first kappa shape index (κ1) is 17.9. The van der Waals surface area contributed by atoms with Crippen LogP contribution < -0.4 is 0 Å². The Morgan fingerprint density at radius 3 is 2.36 bits per heavy atom. The zero-order chi connectivity index (χ0) is 18.2. The molecule has 1 aliphatic carbocycles. The lowest BCUT2D eigenvalue weighted by Gasteiger charge is -2.33. The van der Waals surface area contributed by atoms with Crippen molar-refractivity contribution in [1.82, 2.24) is 9.21 Å². The van der Waals surface area contributed by atoms with Crippen LogP contribution in [0.1, 0.15) is 19.3 Å². The molecule has 1 aromatic carbocycles. The third-order valence-corrected chi connectivity index (χ3v) is 7.23. The third kappa shape index (κ3) is 3.41. The molecule has 2 aliphatic rings. The highest BCUT2D eigenvalue weighted by Crippen LogP contribution is 2.59. The number of hydrogen-bond acceptors (Lipinski definition) is 4. The van der Waals surface area contributed by atoms with Crippen LogP contribution in [0, 0.1) is 11.3 Å². The second-order valence-corrected chi connectivity index (χ2v) is 8.96. The van der Waals surface area contributed by atoms with Crippen molar-refractivity contribution in [3.63, 3.8) is 0 Å². The lowest BCUT2D eigenvalue weighted by atomic mass is 9.91. The Balaban J connectivity index is 1.57. The zero-order valence-corrected chi connectivity index (χ0v) is 14.9. The molecule has 1 spiro atoms. The topological polar surface area (TPSA) is 95.0 Å². The maximum Gasteiger partial charge on any atom is 0.307 e. The van der Waals surface area contributed by atoms with Crippen LogP contribution in [0.25, 0.3) is 0 Å². The van der Waals surface area contributed by atoms with E-state index < -0.39 is 16.0 Å². The molecule has 1 N–H and O–H groups in total. The van der Waals surface area contributed by atoms with Crippen molar-refractivity contribution in [3.8, 4) is 0 Å². The molecule has 1 saturated carbocycles. The molecule has 1 amide bonds. The van der Waals surface area contributed by atoms with Crippen molar-refractivity contribution in [2.24, 2.45) is 11.3 Å². The van der Waals surface area contributed by atoms with Gasteiger partial charge in [0.05, 0.1) is 17.4 Å². The first-order valence-corrected chi connectivity index (χ1v) is 9.72. The number of likely N-dealkylation sites (N-methyl/N-ethyl adjacent to an activating group) is 1. The fourth-order valence-corrected chi connectivity index (χ4v) is 4.74. The molecule has 136 valence electrons. The molecular formula is C17H22N2O5S. The van der Waals surface area contributed by atoms with Crippen LogP contribution in [-0.2, 0) is 19.6 Å². The smallest absolute Gasteiger partial charge is 0.307 e. The van der Waals surface area contributed by atoms with E-state index in [1.165, 1.54) is 19.2 Å². The normalized spacial score (nSPS) is 22.2. The zero-order valence-electron chi connectivity index (χ0n) is 14.1. The van der Waals surface area contributed by atoms with E-state index in [0.717, 1.165) is 4.31 Å². The highest BCUT2D eigenvalue weighted by atomic mass is 32.2. The lowest BCUT2D eigenvalue weighted by molar-refractivity contribution is -0.139. The van der Waals surface area contributed by atoms with Gasteiger partial charge in [0, 0.05) is 20.1 Å². The standard InChI is InChI=1S/C17H22N2O5S/c1-18(25(23,24)13-5-3-2-4-6-13)12-15(20)19-9-7-17(8-10-19)11-14(17)16(21)22/h2-6,14H,7-12H2,1H3,(H,21,22). The van der Waals surface area contributed by atoms with E-state index in [4.69, 9.17) is 5.11 Å². The van der Waals surface area contributed by atoms with Gasteiger partial charge in [0.15, 0.2) is 0 Å². The number of carboxylic acids is 1. The summed E-state index contributed by atoms with van der Waals surface area (Å²) in [6.45, 7) is 0.760. The molecule has 1 aliphatic heterocycles. The maximum absolute atomic E-state index is 12.5. The van der Waals surface area contributed by atoms with E-state index in [9.17, 15) is 18.0 Å². The summed E-state index contributed by atoms with van der Waals surface area (Å²) in [7, 11) is -2.30. The first-order chi connectivity index (χ1) is 11.8. The van der Waals surface area contributed by atoms with Gasteiger partial charge in [0.1, 0.15) is 0 Å². The Morgan fingerprint density at radius 2 is 1.84 bits per heavy atom. The van der Waals surface area contributed by atoms with E-state index in [1.54, 1.807) is 23.1 Å². The number of rotatable bonds is 5. The van der Waals surface area contributed by atoms with Gasteiger partial charge in [0.25, 0.3) is 0 Å². The number of nitrogens with zero attached hydrogens (tertiary/aromatic N) is 2. The number of hydrogen-bond donors (Lipinski definition) is 1. The molecule has 1 unspecified atom stereocenters. The van der Waals surface area contributed by atoms with Crippen LogP contribution in [-0.4, -0.2) is 61.3 Å². The van der Waals surface area contributed by atoms with Crippen molar-refractivity contribution in [1.29, 1.82) is 0 Å². The van der Waals surface area contributed by atoms with Gasteiger partial charge in [0.2, 0.25) is 15.9 Å². The highest BCUT2D eigenvalue weighted by molar-refractivity contribution is 7.89. The van der Waals surface area contributed by atoms with Crippen LogP contribution in [0.3, 0.4) is 0 Å². The summed E-state index contributed by atoms with van der Waals surface area (Å²) in [5, 5.41) is 9.11. The van der Waals surface area contributed by atoms with Gasteiger partial charge in [-0.1, -0.05) is 18.2 Å². The van der Waals surface area contributed by atoms with E-state index in [2.05, 4.69) is 0 Å². The molecule has 2 fully saturated rings. The first-order valence-electron chi connectivity index (χ1n) is 8.28. The predicted octanol–water partition coefficient (Wildman–Crippen LogP) is 1.02. The number of carboxylic acid groups (broad SMARTS) is 1. The van der Waals surface area contributed by atoms with Gasteiger partial charge in [-0.25, -0.2) is 8.42 Å². The average molecular weight is 366 g/mol. The molecule has 0 bridgehead atoms. The Hall–Kier alpha value is -1.93. The van der Waals surface area contributed by atoms with Gasteiger partial charge in [-0.3, -0.25) is 9.59 Å². The molecule has 0 aromatic heterocycles. The quantitative estimate of drug-likeness (QED) is 0.839. The van der Waals surface area contributed by atoms with Gasteiger partial charge >= 0.3 is 5.97 Å². The Morgan fingerprint density at radius 1 is 1.24 bits per heavy atom. The number of benzene rings is 1. The molecule has 1 atom stereocenters. The Kier molecular flexibility index (Phi) is 4.59. The molecule has 3 rings (SSSR count). The van der Waals surface area contributed by atoms with E-state index in [1.807, 2.05) is 0 Å². The minimum absolute atomic E-state index is 0.148. The van der Waals surface area contributed by atoms with Gasteiger partial charge in [-0.05, 0) is 36.8 Å². The predicted molar refractivity (Wildman–Crippen MR) is 90.2 cm³/mol. The summed E-state index contributed by atoms with van der Waals surface area (Å²) >= 11 is 0. The largest absolute Gasteiger partial charge is 0.481 e. The van der Waals surface area contributed by atoms with E-state index in [-0.39, 0.29) is 28.7 Å². The molecule has 1 heterocycles. The van der Waals surface area contributed by atoms with Crippen molar-refractivity contribution < 1.29 is 23.1 Å². The molecule has 1 saturated heterocycles. The number of amides is 1. The van der Waals surface area contributed by atoms with Gasteiger partial charge in [-0.15, -0.1) is 0 Å². The lowest BCUT2D eigenvalue weighted by Crippen LogP contribution is -2.45. The summed E-state index contributed by atoms with van der Waals surface area (Å²) in [6.07, 6.45) is 2.03. The molecule has 1 aromatic rings. The van der Waals surface area contributed by atoms with E-state index in [0.29, 0.717) is 32.4 Å². The van der Waals surface area contributed by atoms with Crippen LogP contribution in [0.15, 0.2) is 35.2 Å². The number of likely N-dealkylation sites (tertiary alicyclic amines) is 1. The SMILES string of the molecule is CN(CC(=O)N1CCC2(CC1)CC2C(=O)O)S(=O)(=O)c1ccccc1. The molecule has 0 radical (unpaired) electrons. The Bertz CT molecular complexity index is 769. The Labute approximate surface area is 147 Å². The van der Waals surface area contributed by atoms with Crippen LogP contribution in [0.5, 0.6) is 0 Å². The monoisotopic (exact) mass is 366 g/mol. The fourth-order valence-electron chi connectivity index (χ4n) is 3.60. The van der Waals surface area contributed by atoms with E-state index >= 15 is 0 Å². The van der Waals surface area contributed by atoms with Gasteiger partial charge < -0.3 is 10.0 Å².